The van der Waals surface area contributed by atoms with Gasteiger partial charge >= 0.3 is 0 Å². The van der Waals surface area contributed by atoms with Crippen LogP contribution in [0.2, 0.25) is 0 Å². The lowest BCUT2D eigenvalue weighted by atomic mass is 9.91. The summed E-state index contributed by atoms with van der Waals surface area (Å²) in [5.74, 6) is -0.580. The van der Waals surface area contributed by atoms with E-state index in [2.05, 4.69) is 0 Å². The molecule has 2 N–H and O–H groups in total. The summed E-state index contributed by atoms with van der Waals surface area (Å²) in [7, 11) is 0. The molecule has 0 aliphatic heterocycles. The highest BCUT2D eigenvalue weighted by molar-refractivity contribution is 5.33. The summed E-state index contributed by atoms with van der Waals surface area (Å²) in [5.41, 5.74) is 7.59. The maximum atomic E-state index is 12.8. The predicted octanol–water partition coefficient (Wildman–Crippen LogP) is 4.08. The molecule has 0 amide bonds. The van der Waals surface area contributed by atoms with E-state index in [0.29, 0.717) is 6.54 Å². The first-order valence-corrected chi connectivity index (χ1v) is 6.41. The van der Waals surface area contributed by atoms with Gasteiger partial charge in [-0.15, -0.1) is 0 Å². The smallest absolute Gasteiger partial charge is 0.123 e. The van der Waals surface area contributed by atoms with Gasteiger partial charge in [0.05, 0.1) is 0 Å². The van der Waals surface area contributed by atoms with Crippen molar-refractivity contribution in [1.29, 1.82) is 0 Å². The second kappa shape index (κ2) is 7.64. The van der Waals surface area contributed by atoms with Crippen LogP contribution in [-0.2, 0) is 0 Å². The Labute approximate surface area is 113 Å². The molecule has 0 fully saturated rings. The second-order valence-electron chi connectivity index (χ2n) is 3.89. The molecule has 0 aliphatic rings. The van der Waals surface area contributed by atoms with Crippen molar-refractivity contribution in [3.8, 4) is 0 Å². The predicted molar refractivity (Wildman–Crippen MR) is 75.0 cm³/mol. The molecule has 0 atom stereocenters. The number of nitrogens with two attached hydrogens (primary N) is 1. The van der Waals surface area contributed by atoms with Crippen molar-refractivity contribution in [2.75, 3.05) is 6.54 Å². The van der Waals surface area contributed by atoms with Crippen LogP contribution in [0.4, 0.5) is 8.78 Å². The van der Waals surface area contributed by atoms with Gasteiger partial charge in [-0.05, 0) is 35.4 Å². The molecule has 2 aromatic rings. The van der Waals surface area contributed by atoms with E-state index in [4.69, 9.17) is 5.73 Å². The molecular weight excluding hydrogens is 244 g/mol. The largest absolute Gasteiger partial charge is 0.330 e. The van der Waals surface area contributed by atoms with Crippen molar-refractivity contribution < 1.29 is 8.78 Å². The van der Waals surface area contributed by atoms with Gasteiger partial charge in [0.2, 0.25) is 0 Å². The zero-order valence-corrected chi connectivity index (χ0v) is 11.2. The highest BCUT2D eigenvalue weighted by Gasteiger charge is 2.12. The Kier molecular flexibility index (Phi) is 6.16. The zero-order chi connectivity index (χ0) is 14.3. The maximum absolute atomic E-state index is 12.8. The van der Waals surface area contributed by atoms with E-state index in [1.165, 1.54) is 24.3 Å². The molecule has 3 heteroatoms. The maximum Gasteiger partial charge on any atom is 0.123 e. The Morgan fingerprint density at radius 1 is 0.789 bits per heavy atom. The summed E-state index contributed by atoms with van der Waals surface area (Å²) >= 11 is 0. The van der Waals surface area contributed by atoms with Crippen LogP contribution in [0, 0.1) is 11.6 Å². The van der Waals surface area contributed by atoms with Gasteiger partial charge in [0.1, 0.15) is 11.6 Å². The lowest BCUT2D eigenvalue weighted by Gasteiger charge is -2.15. The molecule has 0 unspecified atom stereocenters. The summed E-state index contributed by atoms with van der Waals surface area (Å²) in [4.78, 5) is 0. The Balaban J connectivity index is 0.000000861. The van der Waals surface area contributed by atoms with Gasteiger partial charge in [0.15, 0.2) is 0 Å². The lowest BCUT2D eigenvalue weighted by Crippen LogP contribution is -2.13. The summed E-state index contributed by atoms with van der Waals surface area (Å²) in [6.45, 7) is 4.40. The lowest BCUT2D eigenvalue weighted by molar-refractivity contribution is 0.624. The van der Waals surface area contributed by atoms with Crippen molar-refractivity contribution >= 4 is 0 Å². The first-order valence-electron chi connectivity index (χ1n) is 6.41. The SMILES string of the molecule is CC.NCC(c1ccc(F)cc1)c1ccc(F)cc1. The molecule has 0 aromatic heterocycles. The molecule has 102 valence electrons. The second-order valence-corrected chi connectivity index (χ2v) is 3.89. The number of hydrogen-bond donors (Lipinski definition) is 1. The third-order valence-electron chi connectivity index (χ3n) is 2.78. The Bertz CT molecular complexity index is 432. The third-order valence-corrected chi connectivity index (χ3v) is 2.78. The van der Waals surface area contributed by atoms with Crippen molar-refractivity contribution in [2.45, 2.75) is 19.8 Å². The monoisotopic (exact) mass is 263 g/mol. The van der Waals surface area contributed by atoms with Crippen LogP contribution < -0.4 is 5.73 Å². The summed E-state index contributed by atoms with van der Waals surface area (Å²) in [5, 5.41) is 0. The van der Waals surface area contributed by atoms with Crippen molar-refractivity contribution in [3.63, 3.8) is 0 Å². The molecule has 0 saturated carbocycles. The van der Waals surface area contributed by atoms with E-state index in [0.717, 1.165) is 11.1 Å². The van der Waals surface area contributed by atoms with Crippen LogP contribution >= 0.6 is 0 Å². The van der Waals surface area contributed by atoms with Crippen LogP contribution in [-0.4, -0.2) is 6.54 Å². The van der Waals surface area contributed by atoms with Crippen molar-refractivity contribution in [1.82, 2.24) is 0 Å². The molecule has 0 bridgehead atoms. The van der Waals surface area contributed by atoms with Gasteiger partial charge in [0.25, 0.3) is 0 Å². The van der Waals surface area contributed by atoms with Crippen molar-refractivity contribution in [2.24, 2.45) is 5.73 Å². The average Bonchev–Trinajstić information content (AvgIpc) is 2.46. The van der Waals surface area contributed by atoms with Crippen LogP contribution in [0.15, 0.2) is 48.5 Å². The van der Waals surface area contributed by atoms with Crippen LogP contribution in [0.1, 0.15) is 30.9 Å². The zero-order valence-electron chi connectivity index (χ0n) is 11.2. The number of halogens is 2. The molecule has 0 saturated heterocycles. The van der Waals surface area contributed by atoms with E-state index >= 15 is 0 Å². The van der Waals surface area contributed by atoms with Gasteiger partial charge in [-0.1, -0.05) is 38.1 Å². The van der Waals surface area contributed by atoms with Crippen molar-refractivity contribution in [3.05, 3.63) is 71.3 Å². The molecule has 2 aromatic carbocycles. The fraction of sp³-hybridized carbons (Fsp3) is 0.250. The first-order chi connectivity index (χ1) is 9.20. The minimum atomic E-state index is -0.274. The molecule has 0 aliphatic carbocycles. The fourth-order valence-corrected chi connectivity index (χ4v) is 1.85. The molecule has 0 radical (unpaired) electrons. The normalized spacial score (nSPS) is 10.0. The minimum Gasteiger partial charge on any atom is -0.330 e. The Morgan fingerprint density at radius 2 is 1.11 bits per heavy atom. The van der Waals surface area contributed by atoms with E-state index in [1.54, 1.807) is 24.3 Å². The fourth-order valence-electron chi connectivity index (χ4n) is 1.85. The van der Waals surface area contributed by atoms with Crippen LogP contribution in [0.3, 0.4) is 0 Å². The average molecular weight is 263 g/mol. The summed E-state index contributed by atoms with van der Waals surface area (Å²) in [6, 6.07) is 12.4. The van der Waals surface area contributed by atoms with Gasteiger partial charge in [-0.3, -0.25) is 0 Å². The molecule has 1 nitrogen and oxygen atoms in total. The molecule has 2 rings (SSSR count). The Hall–Kier alpha value is -1.74. The molecule has 0 spiro atoms. The molecule has 0 heterocycles. The van der Waals surface area contributed by atoms with Gasteiger partial charge in [-0.2, -0.15) is 0 Å². The number of hydrogen-bond acceptors (Lipinski definition) is 1. The topological polar surface area (TPSA) is 26.0 Å². The highest BCUT2D eigenvalue weighted by Crippen LogP contribution is 2.23. The standard InChI is InChI=1S/C14H13F2N.C2H6/c15-12-5-1-10(2-6-12)14(9-17)11-3-7-13(16)8-4-11;1-2/h1-8,14H,9,17H2;1-2H3. The van der Waals surface area contributed by atoms with E-state index in [-0.39, 0.29) is 17.6 Å². The summed E-state index contributed by atoms with van der Waals surface area (Å²) < 4.78 is 25.7. The van der Waals surface area contributed by atoms with Crippen LogP contribution in [0.25, 0.3) is 0 Å². The van der Waals surface area contributed by atoms with Gasteiger partial charge in [-0.25, -0.2) is 8.78 Å². The highest BCUT2D eigenvalue weighted by atomic mass is 19.1. The van der Waals surface area contributed by atoms with Gasteiger partial charge < -0.3 is 5.73 Å². The van der Waals surface area contributed by atoms with Gasteiger partial charge in [0, 0.05) is 12.5 Å². The summed E-state index contributed by atoms with van der Waals surface area (Å²) in [6.07, 6.45) is 0. The van der Waals surface area contributed by atoms with E-state index < -0.39 is 0 Å². The number of rotatable bonds is 3. The minimum absolute atomic E-state index is 0.0313. The van der Waals surface area contributed by atoms with E-state index in [1.807, 2.05) is 13.8 Å². The van der Waals surface area contributed by atoms with Crippen LogP contribution in [0.5, 0.6) is 0 Å². The molecular formula is C16H19F2N. The molecule has 19 heavy (non-hydrogen) atoms. The Morgan fingerprint density at radius 3 is 1.37 bits per heavy atom. The third kappa shape index (κ3) is 4.14. The van der Waals surface area contributed by atoms with E-state index in [9.17, 15) is 8.78 Å². The first kappa shape index (κ1) is 15.3. The number of benzene rings is 2. The quantitative estimate of drug-likeness (QED) is 0.887.